The highest BCUT2D eigenvalue weighted by molar-refractivity contribution is 5.82. The fourth-order valence-corrected chi connectivity index (χ4v) is 2.86. The molecule has 0 aromatic heterocycles. The Labute approximate surface area is 148 Å². The Kier molecular flexibility index (Phi) is 5.37. The van der Waals surface area contributed by atoms with Gasteiger partial charge in [-0.3, -0.25) is 0 Å². The average Bonchev–Trinajstić information content (AvgIpc) is 2.65. The van der Waals surface area contributed by atoms with E-state index in [0.717, 1.165) is 16.9 Å². The highest BCUT2D eigenvalue weighted by atomic mass is 16.5. The monoisotopic (exact) mass is 336 g/mol. The van der Waals surface area contributed by atoms with Gasteiger partial charge in [-0.25, -0.2) is 0 Å². The van der Waals surface area contributed by atoms with Gasteiger partial charge in [0, 0.05) is 20.1 Å². The van der Waals surface area contributed by atoms with E-state index in [9.17, 15) is 5.11 Å². The van der Waals surface area contributed by atoms with E-state index in [1.165, 1.54) is 10.8 Å². The van der Waals surface area contributed by atoms with E-state index >= 15 is 0 Å². The van der Waals surface area contributed by atoms with Gasteiger partial charge in [-0.1, -0.05) is 48.5 Å². The predicted octanol–water partition coefficient (Wildman–Crippen LogP) is 4.66. The van der Waals surface area contributed by atoms with Gasteiger partial charge in [0.1, 0.15) is 12.4 Å². The zero-order valence-corrected chi connectivity index (χ0v) is 14.7. The minimum Gasteiger partial charge on any atom is -0.489 e. The summed E-state index contributed by atoms with van der Waals surface area (Å²) >= 11 is 0. The van der Waals surface area contributed by atoms with Crippen LogP contribution in [0.1, 0.15) is 24.5 Å². The number of aliphatic hydroxyl groups is 1. The molecule has 3 aromatic carbocycles. The minimum absolute atomic E-state index is 0.495. The van der Waals surface area contributed by atoms with Crippen LogP contribution in [0.5, 0.6) is 5.75 Å². The molecule has 3 rings (SSSR count). The van der Waals surface area contributed by atoms with Crippen LogP contribution in [0, 0.1) is 0 Å². The Hall–Kier alpha value is -2.36. The third-order valence-corrected chi connectivity index (χ3v) is 4.47. The number of benzene rings is 3. The number of hydrogen-bond acceptors (Lipinski definition) is 3. The van der Waals surface area contributed by atoms with Crippen LogP contribution >= 0.6 is 0 Å². The Morgan fingerprint density at radius 1 is 0.920 bits per heavy atom. The van der Waals surface area contributed by atoms with Crippen LogP contribution in [0.15, 0.2) is 66.7 Å². The van der Waals surface area contributed by atoms with Crippen LogP contribution in [0.3, 0.4) is 0 Å². The number of rotatable bonds is 7. The van der Waals surface area contributed by atoms with Gasteiger partial charge in [0.15, 0.2) is 0 Å². The van der Waals surface area contributed by atoms with Gasteiger partial charge in [0.05, 0.1) is 5.60 Å². The second kappa shape index (κ2) is 7.68. The largest absolute Gasteiger partial charge is 0.489 e. The lowest BCUT2D eigenvalue weighted by molar-refractivity contribution is 0.0208. The summed E-state index contributed by atoms with van der Waals surface area (Å²) in [6.07, 6.45) is 0.539. The van der Waals surface area contributed by atoms with Crippen molar-refractivity contribution >= 4 is 10.8 Å². The quantitative estimate of drug-likeness (QED) is 0.682. The van der Waals surface area contributed by atoms with Crippen LogP contribution in [0.2, 0.25) is 0 Å². The summed E-state index contributed by atoms with van der Waals surface area (Å²) < 4.78 is 11.0. The molecule has 0 aliphatic rings. The molecular formula is C22H24O3. The molecule has 3 aromatic rings. The smallest absolute Gasteiger partial charge is 0.120 e. The molecule has 1 atom stereocenters. The SMILES string of the molecule is COCCC(C)(O)c1cccc(OCc2ccc3ccccc3c2)c1. The first-order chi connectivity index (χ1) is 12.1. The van der Waals surface area contributed by atoms with Gasteiger partial charge < -0.3 is 14.6 Å². The summed E-state index contributed by atoms with van der Waals surface area (Å²) in [5, 5.41) is 13.0. The fourth-order valence-electron chi connectivity index (χ4n) is 2.86. The van der Waals surface area contributed by atoms with Crippen LogP contribution in [-0.2, 0) is 16.9 Å². The third-order valence-electron chi connectivity index (χ3n) is 4.47. The predicted molar refractivity (Wildman–Crippen MR) is 101 cm³/mol. The van der Waals surface area contributed by atoms with Crippen molar-refractivity contribution in [3.8, 4) is 5.75 Å². The maximum Gasteiger partial charge on any atom is 0.120 e. The van der Waals surface area contributed by atoms with Crippen molar-refractivity contribution in [3.63, 3.8) is 0 Å². The summed E-state index contributed by atoms with van der Waals surface area (Å²) in [5.41, 5.74) is 1.02. The molecule has 0 radical (unpaired) electrons. The van der Waals surface area contributed by atoms with E-state index in [0.29, 0.717) is 19.6 Å². The van der Waals surface area contributed by atoms with Crippen LogP contribution in [-0.4, -0.2) is 18.8 Å². The number of hydrogen-bond donors (Lipinski definition) is 1. The van der Waals surface area contributed by atoms with E-state index in [1.54, 1.807) is 14.0 Å². The second-order valence-electron chi connectivity index (χ2n) is 6.51. The lowest BCUT2D eigenvalue weighted by atomic mass is 9.93. The van der Waals surface area contributed by atoms with Crippen LogP contribution in [0.25, 0.3) is 10.8 Å². The number of fused-ring (bicyclic) bond motifs is 1. The summed E-state index contributed by atoms with van der Waals surface area (Å²) in [4.78, 5) is 0. The normalized spacial score (nSPS) is 13.6. The summed E-state index contributed by atoms with van der Waals surface area (Å²) in [6.45, 7) is 2.80. The summed E-state index contributed by atoms with van der Waals surface area (Å²) in [6, 6.07) is 22.3. The Bertz CT molecular complexity index is 839. The van der Waals surface area contributed by atoms with Crippen molar-refractivity contribution in [2.45, 2.75) is 25.6 Å². The molecule has 130 valence electrons. The molecule has 0 heterocycles. The van der Waals surface area contributed by atoms with E-state index in [4.69, 9.17) is 9.47 Å². The maximum atomic E-state index is 10.6. The molecule has 3 heteroatoms. The first-order valence-electron chi connectivity index (χ1n) is 8.51. The Morgan fingerprint density at radius 3 is 2.52 bits per heavy atom. The van der Waals surface area contributed by atoms with Gasteiger partial charge >= 0.3 is 0 Å². The third kappa shape index (κ3) is 4.38. The number of methoxy groups -OCH3 is 1. The van der Waals surface area contributed by atoms with Gasteiger partial charge in [0.2, 0.25) is 0 Å². The first kappa shape index (κ1) is 17.5. The van der Waals surface area contributed by atoms with Crippen molar-refractivity contribution in [1.29, 1.82) is 0 Å². The van der Waals surface area contributed by atoms with E-state index in [2.05, 4.69) is 30.3 Å². The molecule has 0 amide bonds. The van der Waals surface area contributed by atoms with E-state index in [-0.39, 0.29) is 0 Å². The van der Waals surface area contributed by atoms with Crippen molar-refractivity contribution in [2.75, 3.05) is 13.7 Å². The molecule has 1 unspecified atom stereocenters. The van der Waals surface area contributed by atoms with Crippen molar-refractivity contribution in [2.24, 2.45) is 0 Å². The molecule has 0 aliphatic carbocycles. The topological polar surface area (TPSA) is 38.7 Å². The average molecular weight is 336 g/mol. The minimum atomic E-state index is -0.932. The van der Waals surface area contributed by atoms with Gasteiger partial charge in [-0.05, 0) is 47.0 Å². The summed E-state index contributed by atoms with van der Waals surface area (Å²) in [7, 11) is 1.64. The number of ether oxygens (including phenoxy) is 2. The van der Waals surface area contributed by atoms with Crippen LogP contribution < -0.4 is 4.74 Å². The van der Waals surface area contributed by atoms with Gasteiger partial charge in [-0.2, -0.15) is 0 Å². The van der Waals surface area contributed by atoms with Crippen molar-refractivity contribution in [3.05, 3.63) is 77.9 Å². The van der Waals surface area contributed by atoms with Crippen LogP contribution in [0.4, 0.5) is 0 Å². The van der Waals surface area contributed by atoms with Crippen molar-refractivity contribution < 1.29 is 14.6 Å². The molecule has 0 fully saturated rings. The standard InChI is InChI=1S/C22H24O3/c1-22(23,12-13-24-2)20-8-5-9-21(15-20)25-16-17-10-11-18-6-3-4-7-19(18)14-17/h3-11,14-15,23H,12-13,16H2,1-2H3. The maximum absolute atomic E-state index is 10.6. The first-order valence-corrected chi connectivity index (χ1v) is 8.51. The molecule has 0 saturated heterocycles. The van der Waals surface area contributed by atoms with E-state index in [1.807, 2.05) is 36.4 Å². The molecule has 0 bridgehead atoms. The molecule has 1 N–H and O–H groups in total. The fraction of sp³-hybridized carbons (Fsp3) is 0.273. The molecular weight excluding hydrogens is 312 g/mol. The summed E-state index contributed by atoms with van der Waals surface area (Å²) in [5.74, 6) is 0.753. The Morgan fingerprint density at radius 2 is 1.72 bits per heavy atom. The van der Waals surface area contributed by atoms with E-state index < -0.39 is 5.60 Å². The zero-order valence-electron chi connectivity index (χ0n) is 14.7. The lowest BCUT2D eigenvalue weighted by Gasteiger charge is -2.24. The Balaban J connectivity index is 1.71. The molecule has 25 heavy (non-hydrogen) atoms. The van der Waals surface area contributed by atoms with Gasteiger partial charge in [-0.15, -0.1) is 0 Å². The highest BCUT2D eigenvalue weighted by Crippen LogP contribution is 2.28. The van der Waals surface area contributed by atoms with Crippen molar-refractivity contribution in [1.82, 2.24) is 0 Å². The lowest BCUT2D eigenvalue weighted by Crippen LogP contribution is -2.23. The second-order valence-corrected chi connectivity index (χ2v) is 6.51. The molecule has 0 spiro atoms. The molecule has 3 nitrogen and oxygen atoms in total. The van der Waals surface area contributed by atoms with Gasteiger partial charge in [0.25, 0.3) is 0 Å². The molecule has 0 saturated carbocycles. The molecule has 0 aliphatic heterocycles. The zero-order chi connectivity index (χ0) is 17.7. The highest BCUT2D eigenvalue weighted by Gasteiger charge is 2.23.